The standard InChI is InChI=1S/C43H27N3O/c1-2-11-31(12-3-1)43-45-38-18-7-6-16-37(38)41(46-43)30-22-20-29(21-23-30)40-34-15-5-4-10-28(34)24-25-35(40)32-13-8-14-33(26-32)36-17-9-19-39-42(36)44-27-47-39/h1-27H. The van der Waals surface area contributed by atoms with Gasteiger partial charge in [-0.3, -0.25) is 0 Å². The lowest BCUT2D eigenvalue weighted by atomic mass is 9.88. The molecular weight excluding hydrogens is 574 g/mol. The summed E-state index contributed by atoms with van der Waals surface area (Å²) in [6.45, 7) is 0. The number of hydrogen-bond acceptors (Lipinski definition) is 4. The predicted octanol–water partition coefficient (Wildman–Crippen LogP) is 11.3. The van der Waals surface area contributed by atoms with Crippen LogP contribution in [0.15, 0.2) is 169 Å². The number of oxazole rings is 1. The van der Waals surface area contributed by atoms with Gasteiger partial charge in [0.25, 0.3) is 0 Å². The third kappa shape index (κ3) is 4.75. The number of rotatable bonds is 5. The van der Waals surface area contributed by atoms with E-state index in [4.69, 9.17) is 14.4 Å². The van der Waals surface area contributed by atoms with Crippen molar-refractivity contribution in [2.45, 2.75) is 0 Å². The highest BCUT2D eigenvalue weighted by Gasteiger charge is 2.16. The molecule has 0 saturated heterocycles. The average Bonchev–Trinajstić information content (AvgIpc) is 3.64. The van der Waals surface area contributed by atoms with E-state index in [0.717, 1.165) is 66.9 Å². The van der Waals surface area contributed by atoms with E-state index in [0.29, 0.717) is 0 Å². The Labute approximate surface area is 271 Å². The van der Waals surface area contributed by atoms with Gasteiger partial charge in [-0.05, 0) is 56.8 Å². The fourth-order valence-electron chi connectivity index (χ4n) is 6.60. The molecule has 0 radical (unpaired) electrons. The lowest BCUT2D eigenvalue weighted by Crippen LogP contribution is -1.95. The van der Waals surface area contributed by atoms with Crippen molar-refractivity contribution in [3.63, 3.8) is 0 Å². The Balaban J connectivity index is 1.19. The van der Waals surface area contributed by atoms with E-state index >= 15 is 0 Å². The quantitative estimate of drug-likeness (QED) is 0.197. The molecule has 0 bridgehead atoms. The first-order chi connectivity index (χ1) is 23.3. The zero-order valence-corrected chi connectivity index (χ0v) is 25.3. The van der Waals surface area contributed by atoms with Gasteiger partial charge in [0.2, 0.25) is 0 Å². The van der Waals surface area contributed by atoms with E-state index in [2.05, 4.69) is 120 Å². The number of para-hydroxylation sites is 2. The molecule has 0 fully saturated rings. The van der Waals surface area contributed by atoms with Crippen LogP contribution in [-0.4, -0.2) is 15.0 Å². The van der Waals surface area contributed by atoms with Crippen LogP contribution in [0.4, 0.5) is 0 Å². The summed E-state index contributed by atoms with van der Waals surface area (Å²) < 4.78 is 5.60. The lowest BCUT2D eigenvalue weighted by Gasteiger charge is -2.16. The lowest BCUT2D eigenvalue weighted by molar-refractivity contribution is 0.602. The van der Waals surface area contributed by atoms with E-state index in [1.54, 1.807) is 0 Å². The average molecular weight is 602 g/mol. The molecule has 2 aromatic heterocycles. The third-order valence-corrected chi connectivity index (χ3v) is 8.86. The first-order valence-electron chi connectivity index (χ1n) is 15.7. The van der Waals surface area contributed by atoms with E-state index in [-0.39, 0.29) is 0 Å². The van der Waals surface area contributed by atoms with Crippen molar-refractivity contribution < 1.29 is 4.42 Å². The van der Waals surface area contributed by atoms with Crippen molar-refractivity contribution in [3.05, 3.63) is 164 Å². The van der Waals surface area contributed by atoms with E-state index in [9.17, 15) is 0 Å². The Morgan fingerprint density at radius 2 is 1.15 bits per heavy atom. The molecule has 0 aliphatic carbocycles. The fraction of sp³-hybridized carbons (Fsp3) is 0. The highest BCUT2D eigenvalue weighted by atomic mass is 16.3. The van der Waals surface area contributed by atoms with E-state index in [1.165, 1.54) is 28.3 Å². The number of nitrogens with zero attached hydrogens (tertiary/aromatic N) is 3. The van der Waals surface area contributed by atoms with Gasteiger partial charge in [0.1, 0.15) is 5.52 Å². The highest BCUT2D eigenvalue weighted by molar-refractivity contribution is 6.05. The van der Waals surface area contributed by atoms with Crippen LogP contribution in [0.5, 0.6) is 0 Å². The molecule has 9 aromatic rings. The zero-order valence-electron chi connectivity index (χ0n) is 25.3. The molecule has 47 heavy (non-hydrogen) atoms. The summed E-state index contributed by atoms with van der Waals surface area (Å²) in [7, 11) is 0. The monoisotopic (exact) mass is 601 g/mol. The maximum absolute atomic E-state index is 5.60. The maximum atomic E-state index is 5.60. The summed E-state index contributed by atoms with van der Waals surface area (Å²) in [6, 6.07) is 55.0. The van der Waals surface area contributed by atoms with Crippen molar-refractivity contribution in [3.8, 4) is 56.0 Å². The number of fused-ring (bicyclic) bond motifs is 3. The maximum Gasteiger partial charge on any atom is 0.182 e. The molecule has 0 N–H and O–H groups in total. The van der Waals surface area contributed by atoms with Gasteiger partial charge < -0.3 is 4.42 Å². The van der Waals surface area contributed by atoms with Crippen molar-refractivity contribution >= 4 is 32.8 Å². The van der Waals surface area contributed by atoms with Crippen LogP contribution in [0.25, 0.3) is 88.8 Å². The first kappa shape index (κ1) is 27.0. The van der Waals surface area contributed by atoms with Crippen LogP contribution in [0, 0.1) is 0 Å². The summed E-state index contributed by atoms with van der Waals surface area (Å²) >= 11 is 0. The molecule has 9 rings (SSSR count). The molecule has 0 amide bonds. The molecular formula is C43H27N3O. The molecule has 0 unspecified atom stereocenters. The van der Waals surface area contributed by atoms with Gasteiger partial charge in [0.05, 0.1) is 11.2 Å². The first-order valence-corrected chi connectivity index (χ1v) is 15.7. The van der Waals surface area contributed by atoms with Crippen LogP contribution >= 0.6 is 0 Å². The second-order valence-corrected chi connectivity index (χ2v) is 11.7. The summed E-state index contributed by atoms with van der Waals surface area (Å²) in [5.41, 5.74) is 12.4. The molecule has 2 heterocycles. The summed E-state index contributed by atoms with van der Waals surface area (Å²) in [4.78, 5) is 14.5. The van der Waals surface area contributed by atoms with Crippen molar-refractivity contribution in [1.82, 2.24) is 15.0 Å². The SMILES string of the molecule is c1ccc(-c2nc(-c3ccc(-c4c(-c5cccc(-c6cccc7ocnc67)c5)ccc5ccccc45)cc3)c3ccccc3n2)cc1. The molecule has 4 nitrogen and oxygen atoms in total. The zero-order chi connectivity index (χ0) is 31.2. The predicted molar refractivity (Wildman–Crippen MR) is 192 cm³/mol. The van der Waals surface area contributed by atoms with Crippen LogP contribution in [0.2, 0.25) is 0 Å². The van der Waals surface area contributed by atoms with Crippen molar-refractivity contribution in [1.29, 1.82) is 0 Å². The number of benzene rings is 7. The number of hydrogen-bond donors (Lipinski definition) is 0. The third-order valence-electron chi connectivity index (χ3n) is 8.86. The molecule has 0 aliphatic rings. The molecule has 0 atom stereocenters. The van der Waals surface area contributed by atoms with Gasteiger partial charge in [0, 0.05) is 22.1 Å². The number of aromatic nitrogens is 3. The molecule has 7 aromatic carbocycles. The van der Waals surface area contributed by atoms with Gasteiger partial charge in [-0.25, -0.2) is 15.0 Å². The van der Waals surface area contributed by atoms with Gasteiger partial charge in [-0.15, -0.1) is 0 Å². The fourth-order valence-corrected chi connectivity index (χ4v) is 6.60. The molecule has 4 heteroatoms. The second kappa shape index (κ2) is 11.2. The normalized spacial score (nSPS) is 11.4. The Morgan fingerprint density at radius 3 is 2.02 bits per heavy atom. The molecule has 0 aliphatic heterocycles. The van der Waals surface area contributed by atoms with Crippen LogP contribution in [-0.2, 0) is 0 Å². The smallest absolute Gasteiger partial charge is 0.182 e. The van der Waals surface area contributed by atoms with Crippen LogP contribution in [0.3, 0.4) is 0 Å². The van der Waals surface area contributed by atoms with Gasteiger partial charge in [-0.1, -0.05) is 140 Å². The Bertz CT molecular complexity index is 2570. The Kier molecular flexibility index (Phi) is 6.43. The topological polar surface area (TPSA) is 51.8 Å². The van der Waals surface area contributed by atoms with Crippen molar-refractivity contribution in [2.24, 2.45) is 0 Å². The Hall–Kier alpha value is -6.39. The van der Waals surface area contributed by atoms with Gasteiger partial charge >= 0.3 is 0 Å². The van der Waals surface area contributed by atoms with Gasteiger partial charge in [-0.2, -0.15) is 0 Å². The minimum Gasteiger partial charge on any atom is -0.443 e. The van der Waals surface area contributed by atoms with Crippen LogP contribution in [0.1, 0.15) is 0 Å². The minimum atomic E-state index is 0.723. The Morgan fingerprint density at radius 1 is 0.447 bits per heavy atom. The highest BCUT2D eigenvalue weighted by Crippen LogP contribution is 2.41. The largest absolute Gasteiger partial charge is 0.443 e. The second-order valence-electron chi connectivity index (χ2n) is 11.7. The summed E-state index contributed by atoms with van der Waals surface area (Å²) in [6.07, 6.45) is 1.51. The van der Waals surface area contributed by atoms with Crippen LogP contribution < -0.4 is 0 Å². The van der Waals surface area contributed by atoms with Gasteiger partial charge in [0.15, 0.2) is 17.8 Å². The molecule has 0 spiro atoms. The molecule has 220 valence electrons. The minimum absolute atomic E-state index is 0.723. The molecule has 0 saturated carbocycles. The summed E-state index contributed by atoms with van der Waals surface area (Å²) in [5, 5.41) is 3.44. The van der Waals surface area contributed by atoms with E-state index < -0.39 is 0 Å². The van der Waals surface area contributed by atoms with Crippen molar-refractivity contribution in [2.75, 3.05) is 0 Å². The van der Waals surface area contributed by atoms with E-state index in [1.807, 2.05) is 42.5 Å². The summed E-state index contributed by atoms with van der Waals surface area (Å²) in [5.74, 6) is 0.723.